The van der Waals surface area contributed by atoms with Crippen molar-refractivity contribution >= 4 is 17.6 Å². The molecular weight excluding hydrogens is 324 g/mol. The number of rotatable bonds is 5. The summed E-state index contributed by atoms with van der Waals surface area (Å²) in [5, 5.41) is 0.594. The first-order chi connectivity index (χ1) is 11.7. The van der Waals surface area contributed by atoms with Crippen LogP contribution in [0.2, 0.25) is 5.02 Å². The van der Waals surface area contributed by atoms with E-state index in [-0.39, 0.29) is 0 Å². The van der Waals surface area contributed by atoms with Crippen molar-refractivity contribution in [3.05, 3.63) is 82.5 Å². The minimum absolute atomic E-state index is 0.411. The third-order valence-electron chi connectivity index (χ3n) is 4.04. The number of hydrogen-bond donors (Lipinski definition) is 2. The number of quaternary nitrogens is 1. The molecule has 0 fully saturated rings. The van der Waals surface area contributed by atoms with Crippen LogP contribution in [0.5, 0.6) is 0 Å². The molecule has 0 saturated carbocycles. The molecule has 3 rings (SSSR count). The van der Waals surface area contributed by atoms with E-state index in [2.05, 4.69) is 35.8 Å². The van der Waals surface area contributed by atoms with Gasteiger partial charge in [0.05, 0.1) is 24.4 Å². The molecule has 0 saturated heterocycles. The predicted molar refractivity (Wildman–Crippen MR) is 93.5 cm³/mol. The molecule has 1 aliphatic rings. The van der Waals surface area contributed by atoms with Gasteiger partial charge in [-0.2, -0.15) is 0 Å². The highest BCUT2D eigenvalue weighted by atomic mass is 35.5. The SMILES string of the molecule is O=C(ONC1=CC[NH+](Cc2ccccc2)CC1)c1ccc(Cl)cc1. The summed E-state index contributed by atoms with van der Waals surface area (Å²) >= 11 is 5.81. The zero-order chi connectivity index (χ0) is 16.8. The van der Waals surface area contributed by atoms with Gasteiger partial charge in [-0.3, -0.25) is 0 Å². The molecule has 5 heteroatoms. The fourth-order valence-electron chi connectivity index (χ4n) is 2.68. The van der Waals surface area contributed by atoms with Crippen molar-refractivity contribution in [2.45, 2.75) is 13.0 Å². The van der Waals surface area contributed by atoms with Crippen LogP contribution in [-0.4, -0.2) is 19.1 Å². The fraction of sp³-hybridized carbons (Fsp3) is 0.211. The Labute approximate surface area is 146 Å². The van der Waals surface area contributed by atoms with Gasteiger partial charge in [-0.1, -0.05) is 41.9 Å². The number of carbonyl (C=O) groups is 1. The van der Waals surface area contributed by atoms with Crippen LogP contribution in [0.4, 0.5) is 0 Å². The highest BCUT2D eigenvalue weighted by molar-refractivity contribution is 6.30. The Kier molecular flexibility index (Phi) is 5.51. The quantitative estimate of drug-likeness (QED) is 0.819. The van der Waals surface area contributed by atoms with Gasteiger partial charge < -0.3 is 9.74 Å². The molecule has 1 aliphatic heterocycles. The molecule has 24 heavy (non-hydrogen) atoms. The molecule has 0 spiro atoms. The maximum absolute atomic E-state index is 11.9. The Morgan fingerprint density at radius 3 is 2.54 bits per heavy atom. The summed E-state index contributed by atoms with van der Waals surface area (Å²) in [4.78, 5) is 18.6. The molecule has 2 aromatic carbocycles. The van der Waals surface area contributed by atoms with Gasteiger partial charge in [0.15, 0.2) is 0 Å². The molecular formula is C19H20ClN2O2+. The molecule has 4 nitrogen and oxygen atoms in total. The van der Waals surface area contributed by atoms with Gasteiger partial charge in [0.25, 0.3) is 0 Å². The van der Waals surface area contributed by atoms with Crippen LogP contribution in [-0.2, 0) is 11.4 Å². The lowest BCUT2D eigenvalue weighted by Gasteiger charge is -2.23. The Morgan fingerprint density at radius 1 is 1.12 bits per heavy atom. The van der Waals surface area contributed by atoms with Crippen molar-refractivity contribution in [1.29, 1.82) is 0 Å². The van der Waals surface area contributed by atoms with Gasteiger partial charge in [0.1, 0.15) is 6.54 Å². The van der Waals surface area contributed by atoms with E-state index in [9.17, 15) is 4.79 Å². The van der Waals surface area contributed by atoms with Crippen molar-refractivity contribution in [3.8, 4) is 0 Å². The van der Waals surface area contributed by atoms with Crippen molar-refractivity contribution in [2.75, 3.05) is 13.1 Å². The molecule has 0 amide bonds. The lowest BCUT2D eigenvalue weighted by molar-refractivity contribution is -0.909. The summed E-state index contributed by atoms with van der Waals surface area (Å²) in [6.07, 6.45) is 2.95. The Balaban J connectivity index is 1.47. The van der Waals surface area contributed by atoms with Gasteiger partial charge in [-0.15, -0.1) is 0 Å². The number of carbonyl (C=O) groups excluding carboxylic acids is 1. The lowest BCUT2D eigenvalue weighted by Crippen LogP contribution is -3.11. The molecule has 0 radical (unpaired) electrons. The van der Waals surface area contributed by atoms with E-state index in [4.69, 9.17) is 16.4 Å². The molecule has 1 unspecified atom stereocenters. The predicted octanol–water partition coefficient (Wildman–Crippen LogP) is 2.37. The number of halogens is 1. The van der Waals surface area contributed by atoms with Gasteiger partial charge in [0, 0.05) is 17.0 Å². The minimum Gasteiger partial charge on any atom is -0.338 e. The van der Waals surface area contributed by atoms with Crippen LogP contribution in [0, 0.1) is 0 Å². The van der Waals surface area contributed by atoms with Gasteiger partial charge in [-0.25, -0.2) is 10.3 Å². The molecule has 0 aromatic heterocycles. The van der Waals surface area contributed by atoms with Gasteiger partial charge in [-0.05, 0) is 30.3 Å². The summed E-state index contributed by atoms with van der Waals surface area (Å²) < 4.78 is 0. The van der Waals surface area contributed by atoms with Gasteiger partial charge >= 0.3 is 5.97 Å². The average molecular weight is 344 g/mol. The summed E-state index contributed by atoms with van der Waals surface area (Å²) in [5.41, 5.74) is 5.55. The van der Waals surface area contributed by atoms with E-state index in [1.165, 1.54) is 10.5 Å². The summed E-state index contributed by atoms with van der Waals surface area (Å²) in [5.74, 6) is -0.411. The Morgan fingerprint density at radius 2 is 1.88 bits per heavy atom. The number of nitrogens with one attached hydrogen (secondary N) is 2. The normalized spacial score (nSPS) is 17.0. The Bertz CT molecular complexity index is 714. The van der Waals surface area contributed by atoms with Crippen LogP contribution in [0.15, 0.2) is 66.4 Å². The average Bonchev–Trinajstić information content (AvgIpc) is 2.62. The molecule has 2 N–H and O–H groups in total. The maximum atomic E-state index is 11.9. The number of hydrogen-bond acceptors (Lipinski definition) is 3. The van der Waals surface area contributed by atoms with Crippen molar-refractivity contribution in [3.63, 3.8) is 0 Å². The first kappa shape index (κ1) is 16.6. The first-order valence-corrected chi connectivity index (χ1v) is 8.38. The van der Waals surface area contributed by atoms with Crippen molar-refractivity contribution in [2.24, 2.45) is 0 Å². The van der Waals surface area contributed by atoms with Crippen molar-refractivity contribution in [1.82, 2.24) is 5.48 Å². The lowest BCUT2D eigenvalue weighted by atomic mass is 10.1. The van der Waals surface area contributed by atoms with E-state index in [1.54, 1.807) is 24.3 Å². The third kappa shape index (κ3) is 4.60. The second-order valence-corrected chi connectivity index (χ2v) is 6.28. The molecule has 1 heterocycles. The van der Waals surface area contributed by atoms with Gasteiger partial charge in [0.2, 0.25) is 0 Å². The van der Waals surface area contributed by atoms with Crippen LogP contribution < -0.4 is 10.4 Å². The molecule has 2 aromatic rings. The maximum Gasteiger partial charge on any atom is 0.362 e. The first-order valence-electron chi connectivity index (χ1n) is 8.00. The highest BCUT2D eigenvalue weighted by Gasteiger charge is 2.16. The van der Waals surface area contributed by atoms with Crippen molar-refractivity contribution < 1.29 is 14.5 Å². The highest BCUT2D eigenvalue weighted by Crippen LogP contribution is 2.10. The molecule has 0 bridgehead atoms. The smallest absolute Gasteiger partial charge is 0.338 e. The standard InChI is InChI=1S/C19H19ClN2O2/c20-17-8-6-16(7-9-17)19(23)24-21-18-10-12-22(13-11-18)14-15-4-2-1-3-5-15/h1-10,21H,11-14H2/p+1. The number of hydroxylamine groups is 1. The third-order valence-corrected chi connectivity index (χ3v) is 4.29. The molecule has 1 atom stereocenters. The van der Waals surface area contributed by atoms with Crippen LogP contribution in [0.3, 0.4) is 0 Å². The largest absolute Gasteiger partial charge is 0.362 e. The Hall–Kier alpha value is -2.30. The second kappa shape index (κ2) is 7.99. The molecule has 124 valence electrons. The van der Waals surface area contributed by atoms with E-state index < -0.39 is 5.97 Å². The topological polar surface area (TPSA) is 42.8 Å². The van der Waals surface area contributed by atoms with E-state index in [0.29, 0.717) is 10.6 Å². The van der Waals surface area contributed by atoms with Crippen LogP contribution in [0.1, 0.15) is 22.3 Å². The summed E-state index contributed by atoms with van der Waals surface area (Å²) in [7, 11) is 0. The minimum atomic E-state index is -0.411. The second-order valence-electron chi connectivity index (χ2n) is 5.84. The van der Waals surface area contributed by atoms with Crippen LogP contribution in [0.25, 0.3) is 0 Å². The van der Waals surface area contributed by atoms with E-state index >= 15 is 0 Å². The molecule has 0 aliphatic carbocycles. The monoisotopic (exact) mass is 343 g/mol. The summed E-state index contributed by atoms with van der Waals surface area (Å²) in [6, 6.07) is 17.1. The van der Waals surface area contributed by atoms with E-state index in [0.717, 1.165) is 31.8 Å². The van der Waals surface area contributed by atoms with E-state index in [1.807, 2.05) is 6.07 Å². The zero-order valence-electron chi connectivity index (χ0n) is 13.3. The van der Waals surface area contributed by atoms with Crippen LogP contribution >= 0.6 is 11.6 Å². The summed E-state index contributed by atoms with van der Waals surface area (Å²) in [6.45, 7) is 2.93. The number of benzene rings is 2. The fourth-order valence-corrected chi connectivity index (χ4v) is 2.80. The zero-order valence-corrected chi connectivity index (χ0v) is 14.1.